The van der Waals surface area contributed by atoms with Crippen LogP contribution in [-0.2, 0) is 21.2 Å². The normalized spacial score (nSPS) is 13.2. The van der Waals surface area contributed by atoms with Crippen LogP contribution < -0.4 is 4.72 Å². The Morgan fingerprint density at radius 3 is 2.33 bits per heavy atom. The van der Waals surface area contributed by atoms with E-state index in [1.54, 1.807) is 12.1 Å². The second kappa shape index (κ2) is 5.97. The number of hydrogen-bond donors (Lipinski definition) is 2. The van der Waals surface area contributed by atoms with Crippen molar-refractivity contribution in [3.8, 4) is 0 Å². The Kier molecular flexibility index (Phi) is 4.86. The SMILES string of the molecule is CCCc1ccc(S(=O)(=O)N[C@@H](C)C(=O)O)cc1. The molecule has 0 aromatic heterocycles. The van der Waals surface area contributed by atoms with Crippen molar-refractivity contribution in [2.45, 2.75) is 37.6 Å². The molecular formula is C12H17NO4S. The minimum atomic E-state index is -3.77. The molecular weight excluding hydrogens is 254 g/mol. The zero-order chi connectivity index (χ0) is 13.8. The first-order chi connectivity index (χ1) is 8.36. The Morgan fingerprint density at radius 2 is 1.89 bits per heavy atom. The predicted molar refractivity (Wildman–Crippen MR) is 67.9 cm³/mol. The lowest BCUT2D eigenvalue weighted by molar-refractivity contribution is -0.138. The van der Waals surface area contributed by atoms with E-state index in [1.807, 2.05) is 6.92 Å². The molecule has 5 nitrogen and oxygen atoms in total. The molecule has 0 aliphatic heterocycles. The van der Waals surface area contributed by atoms with Crippen LogP contribution in [0.3, 0.4) is 0 Å². The van der Waals surface area contributed by atoms with Crippen LogP contribution in [0.4, 0.5) is 0 Å². The highest BCUT2D eigenvalue weighted by Gasteiger charge is 2.21. The molecule has 0 radical (unpaired) electrons. The van der Waals surface area contributed by atoms with Crippen LogP contribution >= 0.6 is 0 Å². The van der Waals surface area contributed by atoms with Gasteiger partial charge in [0.15, 0.2) is 0 Å². The molecule has 0 unspecified atom stereocenters. The second-order valence-electron chi connectivity index (χ2n) is 4.08. The summed E-state index contributed by atoms with van der Waals surface area (Å²) in [5.74, 6) is -1.21. The van der Waals surface area contributed by atoms with Crippen LogP contribution in [0.25, 0.3) is 0 Å². The van der Waals surface area contributed by atoms with Gasteiger partial charge in [0.25, 0.3) is 0 Å². The molecule has 1 atom stereocenters. The Balaban J connectivity index is 2.88. The van der Waals surface area contributed by atoms with Crippen molar-refractivity contribution in [2.24, 2.45) is 0 Å². The van der Waals surface area contributed by atoms with E-state index < -0.39 is 22.0 Å². The summed E-state index contributed by atoms with van der Waals surface area (Å²) >= 11 is 0. The summed E-state index contributed by atoms with van der Waals surface area (Å²) in [5.41, 5.74) is 1.06. The number of aliphatic carboxylic acids is 1. The van der Waals surface area contributed by atoms with E-state index in [1.165, 1.54) is 19.1 Å². The number of carbonyl (C=O) groups is 1. The first-order valence-corrected chi connectivity index (χ1v) is 7.19. The van der Waals surface area contributed by atoms with Crippen LogP contribution in [0.15, 0.2) is 29.2 Å². The van der Waals surface area contributed by atoms with E-state index in [4.69, 9.17) is 5.11 Å². The van der Waals surface area contributed by atoms with Crippen LogP contribution in [0.5, 0.6) is 0 Å². The number of nitrogens with one attached hydrogen (secondary N) is 1. The molecule has 2 N–H and O–H groups in total. The molecule has 0 aliphatic rings. The lowest BCUT2D eigenvalue weighted by Crippen LogP contribution is -2.38. The Morgan fingerprint density at radius 1 is 1.33 bits per heavy atom. The highest BCUT2D eigenvalue weighted by molar-refractivity contribution is 7.89. The molecule has 1 rings (SSSR count). The van der Waals surface area contributed by atoms with Gasteiger partial charge in [-0.15, -0.1) is 0 Å². The zero-order valence-electron chi connectivity index (χ0n) is 10.4. The molecule has 1 aromatic rings. The van der Waals surface area contributed by atoms with Crippen molar-refractivity contribution in [3.63, 3.8) is 0 Å². The van der Waals surface area contributed by atoms with E-state index in [9.17, 15) is 13.2 Å². The third-order valence-corrected chi connectivity index (χ3v) is 4.03. The van der Waals surface area contributed by atoms with Gasteiger partial charge in [-0.1, -0.05) is 25.5 Å². The fourth-order valence-corrected chi connectivity index (χ4v) is 2.67. The summed E-state index contributed by atoms with van der Waals surface area (Å²) in [6, 6.07) is 5.31. The summed E-state index contributed by atoms with van der Waals surface area (Å²) in [6.07, 6.45) is 1.87. The fraction of sp³-hybridized carbons (Fsp3) is 0.417. The van der Waals surface area contributed by atoms with E-state index in [2.05, 4.69) is 4.72 Å². The third-order valence-electron chi connectivity index (χ3n) is 2.47. The maximum absolute atomic E-state index is 11.8. The van der Waals surface area contributed by atoms with Crippen LogP contribution in [0.1, 0.15) is 25.8 Å². The Labute approximate surface area is 107 Å². The van der Waals surface area contributed by atoms with Crippen molar-refractivity contribution in [2.75, 3.05) is 0 Å². The maximum atomic E-state index is 11.8. The summed E-state index contributed by atoms with van der Waals surface area (Å²) in [4.78, 5) is 10.7. The number of hydrogen-bond acceptors (Lipinski definition) is 3. The van der Waals surface area contributed by atoms with Crippen molar-refractivity contribution in [3.05, 3.63) is 29.8 Å². The van der Waals surface area contributed by atoms with Gasteiger partial charge < -0.3 is 5.11 Å². The van der Waals surface area contributed by atoms with E-state index in [0.29, 0.717) is 0 Å². The van der Waals surface area contributed by atoms with Crippen LogP contribution in [0.2, 0.25) is 0 Å². The molecule has 0 fully saturated rings. The topological polar surface area (TPSA) is 83.5 Å². The highest BCUT2D eigenvalue weighted by Crippen LogP contribution is 2.12. The minimum absolute atomic E-state index is 0.0791. The van der Waals surface area contributed by atoms with Crippen molar-refractivity contribution < 1.29 is 18.3 Å². The number of benzene rings is 1. The fourth-order valence-electron chi connectivity index (χ4n) is 1.48. The predicted octanol–water partition coefficient (Wildman–Crippen LogP) is 1.39. The summed E-state index contributed by atoms with van der Waals surface area (Å²) in [5, 5.41) is 8.68. The second-order valence-corrected chi connectivity index (χ2v) is 5.79. The first kappa shape index (κ1) is 14.7. The van der Waals surface area contributed by atoms with E-state index in [0.717, 1.165) is 18.4 Å². The van der Waals surface area contributed by atoms with Gasteiger partial charge in [-0.05, 0) is 31.0 Å². The summed E-state index contributed by atoms with van der Waals surface area (Å²) in [7, 11) is -3.77. The van der Waals surface area contributed by atoms with Gasteiger partial charge in [0, 0.05) is 0 Å². The average Bonchev–Trinajstić information content (AvgIpc) is 2.29. The Hall–Kier alpha value is -1.40. The van der Waals surface area contributed by atoms with Crippen molar-refractivity contribution in [1.82, 2.24) is 4.72 Å². The zero-order valence-corrected chi connectivity index (χ0v) is 11.2. The van der Waals surface area contributed by atoms with E-state index >= 15 is 0 Å². The lowest BCUT2D eigenvalue weighted by atomic mass is 10.1. The standard InChI is InChI=1S/C12H17NO4S/c1-3-4-10-5-7-11(8-6-10)18(16,17)13-9(2)12(14)15/h5-9,13H,3-4H2,1-2H3,(H,14,15)/t9-/m0/s1. The number of sulfonamides is 1. The van der Waals surface area contributed by atoms with Gasteiger partial charge in [0.05, 0.1) is 4.90 Å². The van der Waals surface area contributed by atoms with Gasteiger partial charge in [-0.3, -0.25) is 4.79 Å². The lowest BCUT2D eigenvalue weighted by Gasteiger charge is -2.10. The number of aryl methyl sites for hydroxylation is 1. The van der Waals surface area contributed by atoms with Gasteiger partial charge in [-0.25, -0.2) is 8.42 Å². The monoisotopic (exact) mass is 271 g/mol. The molecule has 0 bridgehead atoms. The first-order valence-electron chi connectivity index (χ1n) is 5.71. The van der Waals surface area contributed by atoms with Crippen molar-refractivity contribution >= 4 is 16.0 Å². The van der Waals surface area contributed by atoms with Gasteiger partial charge >= 0.3 is 5.97 Å². The largest absolute Gasteiger partial charge is 0.480 e. The third kappa shape index (κ3) is 3.82. The molecule has 100 valence electrons. The van der Waals surface area contributed by atoms with Gasteiger partial charge in [0.1, 0.15) is 6.04 Å². The average molecular weight is 271 g/mol. The number of carboxylic acid groups (broad SMARTS) is 1. The highest BCUT2D eigenvalue weighted by atomic mass is 32.2. The summed E-state index contributed by atoms with van der Waals surface area (Å²) < 4.78 is 25.8. The molecule has 0 spiro atoms. The molecule has 0 saturated carbocycles. The number of carboxylic acids is 1. The smallest absolute Gasteiger partial charge is 0.321 e. The Bertz CT molecular complexity index is 507. The molecule has 0 saturated heterocycles. The van der Waals surface area contributed by atoms with E-state index in [-0.39, 0.29) is 4.90 Å². The van der Waals surface area contributed by atoms with Crippen LogP contribution in [-0.4, -0.2) is 25.5 Å². The summed E-state index contributed by atoms with van der Waals surface area (Å²) in [6.45, 7) is 3.33. The molecule has 6 heteroatoms. The minimum Gasteiger partial charge on any atom is -0.480 e. The molecule has 18 heavy (non-hydrogen) atoms. The van der Waals surface area contributed by atoms with Gasteiger partial charge in [0.2, 0.25) is 10.0 Å². The van der Waals surface area contributed by atoms with Gasteiger partial charge in [-0.2, -0.15) is 4.72 Å². The van der Waals surface area contributed by atoms with Crippen LogP contribution in [0, 0.1) is 0 Å². The van der Waals surface area contributed by atoms with Crippen molar-refractivity contribution in [1.29, 1.82) is 0 Å². The molecule has 0 amide bonds. The number of rotatable bonds is 6. The quantitative estimate of drug-likeness (QED) is 0.819. The molecule has 0 aliphatic carbocycles. The molecule has 1 aromatic carbocycles. The molecule has 0 heterocycles. The maximum Gasteiger partial charge on any atom is 0.321 e.